The van der Waals surface area contributed by atoms with Gasteiger partial charge in [0.05, 0.1) is 11.4 Å². The zero-order valence-electron chi connectivity index (χ0n) is 30.2. The van der Waals surface area contributed by atoms with Crippen LogP contribution >= 0.6 is 11.8 Å². The Hall–Kier alpha value is -5.79. The predicted molar refractivity (Wildman–Crippen MR) is 216 cm³/mol. The second-order valence-electron chi connectivity index (χ2n) is 13.2. The SMILES string of the molecule is CCCOc1ccc(COC(=O)[C@H](CSC(c2ccccc2)(c2ccccc2)c2ccccc2)NC(=O)OCC2c3ccccc3-c3ccccc32)cc1. The Morgan fingerprint density at radius 3 is 1.67 bits per heavy atom. The molecule has 6 aromatic carbocycles. The minimum Gasteiger partial charge on any atom is -0.494 e. The van der Waals surface area contributed by atoms with Crippen LogP contribution in [-0.2, 0) is 25.6 Å². The molecule has 1 aliphatic carbocycles. The molecule has 0 bridgehead atoms. The monoisotopic (exact) mass is 733 g/mol. The number of benzene rings is 6. The second-order valence-corrected chi connectivity index (χ2v) is 14.4. The number of alkyl carbamates (subject to hydrolysis) is 1. The molecule has 54 heavy (non-hydrogen) atoms. The zero-order chi connectivity index (χ0) is 37.2. The van der Waals surface area contributed by atoms with Gasteiger partial charge in [0.2, 0.25) is 0 Å². The molecule has 6 nitrogen and oxygen atoms in total. The summed E-state index contributed by atoms with van der Waals surface area (Å²) in [6, 6.07) is 53.7. The van der Waals surface area contributed by atoms with Gasteiger partial charge in [0.15, 0.2) is 0 Å². The van der Waals surface area contributed by atoms with Gasteiger partial charge in [-0.2, -0.15) is 0 Å². The van der Waals surface area contributed by atoms with Crippen LogP contribution in [0, 0.1) is 0 Å². The average Bonchev–Trinajstić information content (AvgIpc) is 3.56. The van der Waals surface area contributed by atoms with Gasteiger partial charge in [0.25, 0.3) is 0 Å². The van der Waals surface area contributed by atoms with Crippen molar-refractivity contribution >= 4 is 23.8 Å². The molecule has 0 heterocycles. The number of rotatable bonds is 15. The number of hydrogen-bond acceptors (Lipinski definition) is 6. The predicted octanol–water partition coefficient (Wildman–Crippen LogP) is 10.2. The van der Waals surface area contributed by atoms with E-state index >= 15 is 0 Å². The molecule has 0 unspecified atom stereocenters. The van der Waals surface area contributed by atoms with Crippen molar-refractivity contribution in [2.24, 2.45) is 0 Å². The molecular formula is C47H43NO5S. The van der Waals surface area contributed by atoms with E-state index in [0.29, 0.717) is 6.61 Å². The fourth-order valence-electron chi connectivity index (χ4n) is 7.08. The van der Waals surface area contributed by atoms with Gasteiger partial charge in [-0.15, -0.1) is 11.8 Å². The molecular weight excluding hydrogens is 691 g/mol. The van der Waals surface area contributed by atoms with Crippen molar-refractivity contribution in [3.8, 4) is 16.9 Å². The smallest absolute Gasteiger partial charge is 0.407 e. The first-order valence-electron chi connectivity index (χ1n) is 18.4. The Labute approximate surface area is 321 Å². The summed E-state index contributed by atoms with van der Waals surface area (Å²) < 4.78 is 16.8. The highest BCUT2D eigenvalue weighted by molar-refractivity contribution is 8.00. The van der Waals surface area contributed by atoms with Crippen LogP contribution in [0.2, 0.25) is 0 Å². The van der Waals surface area contributed by atoms with Gasteiger partial charge in [-0.1, -0.05) is 159 Å². The van der Waals surface area contributed by atoms with E-state index in [0.717, 1.165) is 56.7 Å². The van der Waals surface area contributed by atoms with Crippen molar-refractivity contribution < 1.29 is 23.8 Å². The quantitative estimate of drug-likeness (QED) is 0.0837. The van der Waals surface area contributed by atoms with Crippen LogP contribution in [0.3, 0.4) is 0 Å². The maximum absolute atomic E-state index is 14.0. The third-order valence-electron chi connectivity index (χ3n) is 9.71. The topological polar surface area (TPSA) is 73.9 Å². The third-order valence-corrected chi connectivity index (χ3v) is 11.3. The Kier molecular flexibility index (Phi) is 11.8. The summed E-state index contributed by atoms with van der Waals surface area (Å²) in [5.74, 6) is 0.294. The van der Waals surface area contributed by atoms with Gasteiger partial charge < -0.3 is 19.5 Å². The van der Waals surface area contributed by atoms with Gasteiger partial charge in [0, 0.05) is 11.7 Å². The summed E-state index contributed by atoms with van der Waals surface area (Å²) in [6.07, 6.45) is 0.233. The molecule has 0 aliphatic heterocycles. The van der Waals surface area contributed by atoms with Crippen LogP contribution in [0.4, 0.5) is 4.79 Å². The maximum atomic E-state index is 14.0. The van der Waals surface area contributed by atoms with Gasteiger partial charge in [-0.25, -0.2) is 9.59 Å². The lowest BCUT2D eigenvalue weighted by Crippen LogP contribution is -2.45. The first kappa shape index (κ1) is 36.6. The normalized spacial score (nSPS) is 12.6. The molecule has 1 atom stereocenters. The van der Waals surface area contributed by atoms with E-state index in [1.54, 1.807) is 11.8 Å². The summed E-state index contributed by atoms with van der Waals surface area (Å²) in [7, 11) is 0. The fraction of sp³-hybridized carbons (Fsp3) is 0.191. The van der Waals surface area contributed by atoms with Gasteiger partial charge in [-0.3, -0.25) is 0 Å². The molecule has 7 rings (SSSR count). The van der Waals surface area contributed by atoms with Gasteiger partial charge in [0.1, 0.15) is 25.0 Å². The van der Waals surface area contributed by atoms with E-state index in [4.69, 9.17) is 14.2 Å². The molecule has 1 aliphatic rings. The number of carbonyl (C=O) groups excluding carboxylic acids is 2. The Balaban J connectivity index is 1.15. The van der Waals surface area contributed by atoms with Crippen molar-refractivity contribution in [2.45, 2.75) is 36.7 Å². The number of carbonyl (C=O) groups is 2. The summed E-state index contributed by atoms with van der Waals surface area (Å²) in [5, 5.41) is 2.91. The number of fused-ring (bicyclic) bond motifs is 3. The number of esters is 1. The fourth-order valence-corrected chi connectivity index (χ4v) is 8.63. The minimum absolute atomic E-state index is 0.0433. The molecule has 0 radical (unpaired) electrons. The second kappa shape index (κ2) is 17.4. The van der Waals surface area contributed by atoms with Crippen LogP contribution in [-0.4, -0.2) is 37.1 Å². The lowest BCUT2D eigenvalue weighted by atomic mass is 9.84. The maximum Gasteiger partial charge on any atom is 0.407 e. The number of hydrogen-bond donors (Lipinski definition) is 1. The first-order valence-corrected chi connectivity index (χ1v) is 19.4. The third kappa shape index (κ3) is 8.07. The van der Waals surface area contributed by atoms with Crippen LogP contribution < -0.4 is 10.1 Å². The Morgan fingerprint density at radius 1 is 0.648 bits per heavy atom. The van der Waals surface area contributed by atoms with Crippen molar-refractivity contribution in [3.63, 3.8) is 0 Å². The Morgan fingerprint density at radius 2 is 1.15 bits per heavy atom. The molecule has 0 saturated heterocycles. The van der Waals surface area contributed by atoms with Crippen LogP contribution in [0.1, 0.15) is 52.6 Å². The highest BCUT2D eigenvalue weighted by Crippen LogP contribution is 2.49. The van der Waals surface area contributed by atoms with Crippen molar-refractivity contribution in [3.05, 3.63) is 197 Å². The van der Waals surface area contributed by atoms with Crippen molar-refractivity contribution in [1.82, 2.24) is 5.32 Å². The molecule has 1 N–H and O–H groups in total. The summed E-state index contributed by atoms with van der Waals surface area (Å²) in [5.41, 5.74) is 8.47. The summed E-state index contributed by atoms with van der Waals surface area (Å²) in [6.45, 7) is 2.86. The number of nitrogens with one attached hydrogen (secondary N) is 1. The van der Waals surface area contributed by atoms with E-state index < -0.39 is 22.9 Å². The van der Waals surface area contributed by atoms with E-state index in [2.05, 4.69) is 72.9 Å². The average molecular weight is 734 g/mol. The molecule has 1 amide bonds. The molecule has 6 aromatic rings. The van der Waals surface area contributed by atoms with E-state index in [-0.39, 0.29) is 24.9 Å². The molecule has 0 spiro atoms. The molecule has 272 valence electrons. The minimum atomic E-state index is -1.02. The lowest BCUT2D eigenvalue weighted by molar-refractivity contribution is -0.146. The Bertz CT molecular complexity index is 2000. The highest BCUT2D eigenvalue weighted by Gasteiger charge is 2.39. The van der Waals surface area contributed by atoms with Crippen molar-refractivity contribution in [2.75, 3.05) is 19.0 Å². The number of amides is 1. The number of thioether (sulfide) groups is 1. The zero-order valence-corrected chi connectivity index (χ0v) is 31.0. The molecule has 0 fully saturated rings. The van der Waals surface area contributed by atoms with Crippen LogP contribution in [0.15, 0.2) is 164 Å². The van der Waals surface area contributed by atoms with Crippen molar-refractivity contribution in [1.29, 1.82) is 0 Å². The van der Waals surface area contributed by atoms with E-state index in [1.165, 1.54) is 0 Å². The van der Waals surface area contributed by atoms with Gasteiger partial charge >= 0.3 is 12.1 Å². The molecule has 0 aromatic heterocycles. The largest absolute Gasteiger partial charge is 0.494 e. The lowest BCUT2D eigenvalue weighted by Gasteiger charge is -2.36. The van der Waals surface area contributed by atoms with E-state index in [9.17, 15) is 9.59 Å². The highest BCUT2D eigenvalue weighted by atomic mass is 32.2. The van der Waals surface area contributed by atoms with Crippen LogP contribution in [0.25, 0.3) is 11.1 Å². The summed E-state index contributed by atoms with van der Waals surface area (Å²) >= 11 is 1.58. The molecule has 0 saturated carbocycles. The van der Waals surface area contributed by atoms with Crippen LogP contribution in [0.5, 0.6) is 5.75 Å². The first-order chi connectivity index (χ1) is 26.6. The van der Waals surface area contributed by atoms with Gasteiger partial charge in [-0.05, 0) is 63.1 Å². The molecule has 7 heteroatoms. The van der Waals surface area contributed by atoms with E-state index in [1.807, 2.05) is 103 Å². The standard InChI is InChI=1S/C47H43NO5S/c1-2-30-51-38-28-26-34(27-29-38)31-52-45(49)44(48-46(50)53-32-43-41-24-14-12-22-39(41)40-23-13-15-25-42(40)43)33-54-47(35-16-6-3-7-17-35,36-18-8-4-9-19-36)37-20-10-5-11-21-37/h3-29,43-44H,2,30-33H2,1H3,(H,48,50)/t44-/m0/s1. The summed E-state index contributed by atoms with van der Waals surface area (Å²) in [4.78, 5) is 27.8. The number of ether oxygens (including phenoxy) is 3.